The molecule has 0 unspecified atom stereocenters. The van der Waals surface area contributed by atoms with Gasteiger partial charge in [-0.1, -0.05) is 18.6 Å². The minimum absolute atomic E-state index is 0.00528. The highest BCUT2D eigenvalue weighted by molar-refractivity contribution is 4.94. The first-order chi connectivity index (χ1) is 6.04. The van der Waals surface area contributed by atoms with Gasteiger partial charge in [-0.2, -0.15) is 0 Å². The van der Waals surface area contributed by atoms with Crippen molar-refractivity contribution in [2.45, 2.75) is 20.8 Å². The second-order valence-corrected chi connectivity index (χ2v) is 4.04. The molecule has 0 aromatic carbocycles. The number of aliphatic hydroxyl groups is 2. The maximum atomic E-state index is 8.98. The lowest BCUT2D eigenvalue weighted by molar-refractivity contribution is 0.0706. The number of allylic oxidation sites excluding steroid dienone is 1. The standard InChI is InChI=1S/C10H21NO2/c1-9(2)4-5-11-6-10(3,7-12)8-13/h4,11-13H,5-8H2,1-3H3. The van der Waals surface area contributed by atoms with Crippen molar-refractivity contribution in [3.05, 3.63) is 11.6 Å². The smallest absolute Gasteiger partial charge is 0.0518 e. The number of nitrogens with one attached hydrogen (secondary N) is 1. The van der Waals surface area contributed by atoms with Crippen LogP contribution in [0, 0.1) is 5.41 Å². The van der Waals surface area contributed by atoms with Crippen LogP contribution in [0.2, 0.25) is 0 Å². The maximum absolute atomic E-state index is 8.98. The highest BCUT2D eigenvalue weighted by Crippen LogP contribution is 2.11. The molecule has 0 bridgehead atoms. The lowest BCUT2D eigenvalue weighted by Gasteiger charge is -2.24. The van der Waals surface area contributed by atoms with Gasteiger partial charge in [-0.05, 0) is 13.8 Å². The lowest BCUT2D eigenvalue weighted by atomic mass is 9.93. The van der Waals surface area contributed by atoms with Gasteiger partial charge < -0.3 is 15.5 Å². The Hall–Kier alpha value is -0.380. The van der Waals surface area contributed by atoms with Gasteiger partial charge >= 0.3 is 0 Å². The van der Waals surface area contributed by atoms with Crippen LogP contribution in [0.15, 0.2) is 11.6 Å². The molecule has 0 aliphatic carbocycles. The van der Waals surface area contributed by atoms with Crippen molar-refractivity contribution < 1.29 is 10.2 Å². The molecule has 0 saturated heterocycles. The summed E-state index contributed by atoms with van der Waals surface area (Å²) in [6.45, 7) is 7.36. The van der Waals surface area contributed by atoms with Gasteiger partial charge in [0, 0.05) is 18.5 Å². The van der Waals surface area contributed by atoms with Crippen molar-refractivity contribution in [2.75, 3.05) is 26.3 Å². The van der Waals surface area contributed by atoms with Gasteiger partial charge in [-0.3, -0.25) is 0 Å². The summed E-state index contributed by atoms with van der Waals surface area (Å²) in [5.41, 5.74) is 0.859. The molecule has 0 atom stereocenters. The molecule has 0 rings (SSSR count). The number of rotatable bonds is 6. The van der Waals surface area contributed by atoms with Crippen LogP contribution < -0.4 is 5.32 Å². The molecule has 0 amide bonds. The molecule has 3 heteroatoms. The normalized spacial score (nSPS) is 11.5. The zero-order valence-corrected chi connectivity index (χ0v) is 8.80. The van der Waals surface area contributed by atoms with E-state index in [2.05, 4.69) is 11.4 Å². The van der Waals surface area contributed by atoms with Gasteiger partial charge in [0.2, 0.25) is 0 Å². The van der Waals surface area contributed by atoms with Crippen molar-refractivity contribution in [1.82, 2.24) is 5.32 Å². The van der Waals surface area contributed by atoms with Crippen LogP contribution in [0.25, 0.3) is 0 Å². The van der Waals surface area contributed by atoms with E-state index in [-0.39, 0.29) is 13.2 Å². The largest absolute Gasteiger partial charge is 0.396 e. The second-order valence-electron chi connectivity index (χ2n) is 4.04. The average Bonchev–Trinajstić information content (AvgIpc) is 2.12. The Morgan fingerprint density at radius 2 is 1.85 bits per heavy atom. The van der Waals surface area contributed by atoms with Crippen molar-refractivity contribution in [2.24, 2.45) is 5.41 Å². The van der Waals surface area contributed by atoms with Crippen LogP contribution in [-0.4, -0.2) is 36.5 Å². The summed E-state index contributed by atoms with van der Waals surface area (Å²) in [6.07, 6.45) is 2.08. The molecule has 3 nitrogen and oxygen atoms in total. The fourth-order valence-electron chi connectivity index (χ4n) is 0.812. The summed E-state index contributed by atoms with van der Waals surface area (Å²) in [7, 11) is 0. The first-order valence-corrected chi connectivity index (χ1v) is 4.60. The molecule has 3 N–H and O–H groups in total. The molecule has 0 saturated carbocycles. The Kier molecular flexibility index (Phi) is 5.95. The molecular weight excluding hydrogens is 166 g/mol. The van der Waals surface area contributed by atoms with Gasteiger partial charge in [0.1, 0.15) is 0 Å². The molecule has 0 aromatic rings. The molecule has 0 fully saturated rings. The van der Waals surface area contributed by atoms with E-state index in [9.17, 15) is 0 Å². The van der Waals surface area contributed by atoms with Gasteiger partial charge in [-0.15, -0.1) is 0 Å². The molecule has 13 heavy (non-hydrogen) atoms. The van der Waals surface area contributed by atoms with Crippen molar-refractivity contribution in [1.29, 1.82) is 0 Å². The first kappa shape index (κ1) is 12.6. The predicted molar refractivity (Wildman–Crippen MR) is 54.6 cm³/mol. The van der Waals surface area contributed by atoms with Gasteiger partial charge in [0.15, 0.2) is 0 Å². The van der Waals surface area contributed by atoms with E-state index in [4.69, 9.17) is 10.2 Å². The van der Waals surface area contributed by atoms with Crippen molar-refractivity contribution >= 4 is 0 Å². The van der Waals surface area contributed by atoms with E-state index >= 15 is 0 Å². The Morgan fingerprint density at radius 3 is 2.23 bits per heavy atom. The molecule has 0 aliphatic heterocycles. The SMILES string of the molecule is CC(C)=CCNCC(C)(CO)CO. The number of aliphatic hydroxyl groups excluding tert-OH is 2. The van der Waals surface area contributed by atoms with E-state index < -0.39 is 5.41 Å². The number of hydrogen-bond acceptors (Lipinski definition) is 3. The summed E-state index contributed by atoms with van der Waals surface area (Å²) in [6, 6.07) is 0. The van der Waals surface area contributed by atoms with Gasteiger partial charge in [0.25, 0.3) is 0 Å². The molecule has 78 valence electrons. The average molecular weight is 187 g/mol. The zero-order chi connectivity index (χ0) is 10.3. The van der Waals surface area contributed by atoms with E-state index in [1.54, 1.807) is 0 Å². The lowest BCUT2D eigenvalue weighted by Crippen LogP contribution is -2.37. The first-order valence-electron chi connectivity index (χ1n) is 4.60. The van der Waals surface area contributed by atoms with Gasteiger partial charge in [-0.25, -0.2) is 0 Å². The molecular formula is C10H21NO2. The molecule has 0 radical (unpaired) electrons. The Morgan fingerprint density at radius 1 is 1.31 bits per heavy atom. The van der Waals surface area contributed by atoms with Crippen LogP contribution >= 0.6 is 0 Å². The van der Waals surface area contributed by atoms with E-state index in [1.807, 2.05) is 20.8 Å². The number of hydrogen-bond donors (Lipinski definition) is 3. The van der Waals surface area contributed by atoms with Gasteiger partial charge in [0.05, 0.1) is 13.2 Å². The molecule has 0 spiro atoms. The fraction of sp³-hybridized carbons (Fsp3) is 0.800. The minimum atomic E-state index is -0.407. The van der Waals surface area contributed by atoms with Crippen LogP contribution in [0.1, 0.15) is 20.8 Å². The second kappa shape index (κ2) is 6.13. The summed E-state index contributed by atoms with van der Waals surface area (Å²) in [5.74, 6) is 0. The maximum Gasteiger partial charge on any atom is 0.0518 e. The third-order valence-corrected chi connectivity index (χ3v) is 1.97. The van der Waals surface area contributed by atoms with Crippen molar-refractivity contribution in [3.8, 4) is 0 Å². The highest BCUT2D eigenvalue weighted by Gasteiger charge is 2.21. The minimum Gasteiger partial charge on any atom is -0.396 e. The van der Waals surface area contributed by atoms with E-state index in [0.717, 1.165) is 6.54 Å². The van der Waals surface area contributed by atoms with E-state index in [1.165, 1.54) is 5.57 Å². The van der Waals surface area contributed by atoms with Crippen LogP contribution in [0.5, 0.6) is 0 Å². The summed E-state index contributed by atoms with van der Waals surface area (Å²) in [4.78, 5) is 0. The highest BCUT2D eigenvalue weighted by atomic mass is 16.3. The molecule has 0 aliphatic rings. The Labute approximate surface area is 80.5 Å². The van der Waals surface area contributed by atoms with E-state index in [0.29, 0.717) is 6.54 Å². The summed E-state index contributed by atoms with van der Waals surface area (Å²) < 4.78 is 0. The fourth-order valence-corrected chi connectivity index (χ4v) is 0.812. The Bertz CT molecular complexity index is 158. The monoisotopic (exact) mass is 187 g/mol. The summed E-state index contributed by atoms with van der Waals surface area (Å²) in [5, 5.41) is 21.1. The van der Waals surface area contributed by atoms with Crippen LogP contribution in [-0.2, 0) is 0 Å². The third kappa shape index (κ3) is 5.80. The zero-order valence-electron chi connectivity index (χ0n) is 8.80. The Balaban J connectivity index is 3.68. The van der Waals surface area contributed by atoms with Crippen molar-refractivity contribution in [3.63, 3.8) is 0 Å². The summed E-state index contributed by atoms with van der Waals surface area (Å²) >= 11 is 0. The molecule has 0 aromatic heterocycles. The van der Waals surface area contributed by atoms with Crippen LogP contribution in [0.3, 0.4) is 0 Å². The molecule has 0 heterocycles. The van der Waals surface area contributed by atoms with Crippen LogP contribution in [0.4, 0.5) is 0 Å². The quantitative estimate of drug-likeness (QED) is 0.420. The topological polar surface area (TPSA) is 52.5 Å². The third-order valence-electron chi connectivity index (χ3n) is 1.97. The predicted octanol–water partition coefficient (Wildman–Crippen LogP) is 0.533.